The highest BCUT2D eigenvalue weighted by atomic mass is 32.2. The van der Waals surface area contributed by atoms with Crippen molar-refractivity contribution >= 4 is 27.7 Å². The van der Waals surface area contributed by atoms with E-state index in [0.29, 0.717) is 12.5 Å². The zero-order valence-electron chi connectivity index (χ0n) is 10.5. The van der Waals surface area contributed by atoms with E-state index in [4.69, 9.17) is 0 Å². The number of anilines is 1. The Kier molecular flexibility index (Phi) is 6.37. The topological polar surface area (TPSA) is 84.0 Å². The number of sulfonamides is 1. The van der Waals surface area contributed by atoms with Crippen molar-refractivity contribution in [2.24, 2.45) is 0 Å². The molecule has 1 heterocycles. The van der Waals surface area contributed by atoms with E-state index >= 15 is 0 Å². The summed E-state index contributed by atoms with van der Waals surface area (Å²) in [4.78, 5) is 7.84. The Morgan fingerprint density at radius 3 is 2.50 bits per heavy atom. The maximum atomic E-state index is 11.8. The Morgan fingerprint density at radius 2 is 1.94 bits per heavy atom. The molecule has 102 valence electrons. The highest BCUT2D eigenvalue weighted by Crippen LogP contribution is 2.07. The van der Waals surface area contributed by atoms with E-state index in [9.17, 15) is 8.42 Å². The van der Waals surface area contributed by atoms with Crippen LogP contribution in [-0.2, 0) is 10.0 Å². The number of thioether (sulfide) groups is 1. The van der Waals surface area contributed by atoms with Crippen molar-refractivity contribution in [3.8, 4) is 0 Å². The second-order valence-corrected chi connectivity index (χ2v) is 6.34. The van der Waals surface area contributed by atoms with E-state index in [1.165, 1.54) is 12.4 Å². The Balaban J connectivity index is 2.51. The quantitative estimate of drug-likeness (QED) is 0.693. The molecule has 0 aliphatic rings. The van der Waals surface area contributed by atoms with Crippen molar-refractivity contribution in [1.29, 1.82) is 0 Å². The SMILES string of the molecule is CNc1ncc(S(=O)(=O)NCCCCSC)cn1. The van der Waals surface area contributed by atoms with Crippen LogP contribution >= 0.6 is 11.8 Å². The largest absolute Gasteiger partial charge is 0.357 e. The van der Waals surface area contributed by atoms with Gasteiger partial charge >= 0.3 is 0 Å². The molecule has 0 fully saturated rings. The lowest BCUT2D eigenvalue weighted by Gasteiger charge is -2.06. The van der Waals surface area contributed by atoms with Gasteiger partial charge in [-0.05, 0) is 24.9 Å². The normalized spacial score (nSPS) is 11.4. The Morgan fingerprint density at radius 1 is 1.28 bits per heavy atom. The number of hydrogen-bond acceptors (Lipinski definition) is 6. The number of hydrogen-bond donors (Lipinski definition) is 2. The molecule has 0 radical (unpaired) electrons. The Hall–Kier alpha value is -0.860. The summed E-state index contributed by atoms with van der Waals surface area (Å²) < 4.78 is 26.2. The molecule has 8 heteroatoms. The first-order valence-corrected chi connectivity index (χ1v) is 8.46. The zero-order chi connectivity index (χ0) is 13.4. The first kappa shape index (κ1) is 15.2. The molecule has 0 bridgehead atoms. The molecule has 0 aliphatic carbocycles. The fourth-order valence-corrected chi connectivity index (χ4v) is 2.70. The summed E-state index contributed by atoms with van der Waals surface area (Å²) in [7, 11) is -1.81. The first-order chi connectivity index (χ1) is 8.60. The molecule has 2 N–H and O–H groups in total. The van der Waals surface area contributed by atoms with Crippen molar-refractivity contribution < 1.29 is 8.42 Å². The fraction of sp³-hybridized carbons (Fsp3) is 0.600. The van der Waals surface area contributed by atoms with Gasteiger partial charge in [-0.1, -0.05) is 0 Å². The van der Waals surface area contributed by atoms with Crippen LogP contribution in [0.4, 0.5) is 5.95 Å². The molecule has 1 aromatic rings. The molecule has 0 amide bonds. The zero-order valence-corrected chi connectivity index (χ0v) is 12.1. The van der Waals surface area contributed by atoms with Crippen LogP contribution in [0.5, 0.6) is 0 Å². The summed E-state index contributed by atoms with van der Waals surface area (Å²) in [6.45, 7) is 0.441. The van der Waals surface area contributed by atoms with Gasteiger partial charge in [-0.15, -0.1) is 0 Å². The van der Waals surface area contributed by atoms with Gasteiger partial charge in [0, 0.05) is 13.6 Å². The molecule has 0 unspecified atom stereocenters. The molecule has 6 nitrogen and oxygen atoms in total. The number of unbranched alkanes of at least 4 members (excludes halogenated alkanes) is 1. The Bertz CT molecular complexity index is 447. The van der Waals surface area contributed by atoms with E-state index < -0.39 is 10.0 Å². The second kappa shape index (κ2) is 7.55. The molecule has 0 saturated carbocycles. The van der Waals surface area contributed by atoms with Gasteiger partial charge in [0.25, 0.3) is 0 Å². The number of nitrogens with zero attached hydrogens (tertiary/aromatic N) is 2. The first-order valence-electron chi connectivity index (χ1n) is 5.58. The van der Waals surface area contributed by atoms with E-state index in [2.05, 4.69) is 20.0 Å². The van der Waals surface area contributed by atoms with Crippen LogP contribution in [-0.4, -0.2) is 44.0 Å². The minimum Gasteiger partial charge on any atom is -0.357 e. The predicted molar refractivity (Wildman–Crippen MR) is 74.4 cm³/mol. The van der Waals surface area contributed by atoms with Crippen molar-refractivity contribution in [3.63, 3.8) is 0 Å². The smallest absolute Gasteiger partial charge is 0.243 e. The van der Waals surface area contributed by atoms with E-state index in [1.807, 2.05) is 6.26 Å². The monoisotopic (exact) mass is 290 g/mol. The van der Waals surface area contributed by atoms with Crippen LogP contribution in [0, 0.1) is 0 Å². The molecule has 1 rings (SSSR count). The third-order valence-electron chi connectivity index (χ3n) is 2.23. The molecule has 0 saturated heterocycles. The third kappa shape index (κ3) is 4.79. The number of rotatable bonds is 8. The van der Waals surface area contributed by atoms with Crippen LogP contribution < -0.4 is 10.0 Å². The highest BCUT2D eigenvalue weighted by Gasteiger charge is 2.14. The summed E-state index contributed by atoms with van der Waals surface area (Å²) in [5, 5.41) is 2.73. The van der Waals surface area contributed by atoms with Gasteiger partial charge in [-0.3, -0.25) is 0 Å². The van der Waals surface area contributed by atoms with E-state index in [0.717, 1.165) is 18.6 Å². The Labute approximate surface area is 112 Å². The minimum atomic E-state index is -3.48. The van der Waals surface area contributed by atoms with Gasteiger partial charge in [-0.25, -0.2) is 23.1 Å². The van der Waals surface area contributed by atoms with Crippen LogP contribution in [0.15, 0.2) is 17.3 Å². The highest BCUT2D eigenvalue weighted by molar-refractivity contribution is 7.98. The summed E-state index contributed by atoms with van der Waals surface area (Å²) in [6.07, 6.45) is 6.45. The lowest BCUT2D eigenvalue weighted by Crippen LogP contribution is -2.25. The standard InChI is InChI=1S/C10H18N4O2S2/c1-11-10-12-7-9(8-13-10)18(15,16)14-5-3-4-6-17-2/h7-8,14H,3-6H2,1-2H3,(H,11,12,13). The third-order valence-corrected chi connectivity index (χ3v) is 4.34. The minimum absolute atomic E-state index is 0.0892. The van der Waals surface area contributed by atoms with Gasteiger partial charge in [0.2, 0.25) is 16.0 Å². The maximum Gasteiger partial charge on any atom is 0.243 e. The van der Waals surface area contributed by atoms with Crippen LogP contribution in [0.25, 0.3) is 0 Å². The van der Waals surface area contributed by atoms with Gasteiger partial charge < -0.3 is 5.32 Å². The van der Waals surface area contributed by atoms with E-state index in [1.54, 1.807) is 18.8 Å². The molecular formula is C10H18N4O2S2. The summed E-state index contributed by atoms with van der Waals surface area (Å²) in [6, 6.07) is 0. The van der Waals surface area contributed by atoms with Crippen LogP contribution in [0.2, 0.25) is 0 Å². The fourth-order valence-electron chi connectivity index (χ4n) is 1.25. The molecular weight excluding hydrogens is 272 g/mol. The van der Waals surface area contributed by atoms with Gasteiger partial charge in [-0.2, -0.15) is 11.8 Å². The summed E-state index contributed by atoms with van der Waals surface area (Å²) in [5.41, 5.74) is 0. The van der Waals surface area contributed by atoms with Crippen molar-refractivity contribution in [2.75, 3.05) is 30.9 Å². The average molecular weight is 290 g/mol. The van der Waals surface area contributed by atoms with Gasteiger partial charge in [0.1, 0.15) is 4.90 Å². The van der Waals surface area contributed by atoms with Gasteiger partial charge in [0.05, 0.1) is 12.4 Å². The number of nitrogens with one attached hydrogen (secondary N) is 2. The van der Waals surface area contributed by atoms with Crippen molar-refractivity contribution in [3.05, 3.63) is 12.4 Å². The maximum absolute atomic E-state index is 11.8. The van der Waals surface area contributed by atoms with E-state index in [-0.39, 0.29) is 4.90 Å². The van der Waals surface area contributed by atoms with Crippen molar-refractivity contribution in [1.82, 2.24) is 14.7 Å². The number of aromatic nitrogens is 2. The van der Waals surface area contributed by atoms with Crippen LogP contribution in [0.1, 0.15) is 12.8 Å². The molecule has 18 heavy (non-hydrogen) atoms. The lowest BCUT2D eigenvalue weighted by molar-refractivity contribution is 0.577. The molecule has 0 spiro atoms. The molecule has 0 aromatic carbocycles. The predicted octanol–water partition coefficient (Wildman–Crippen LogP) is 0.940. The van der Waals surface area contributed by atoms with Gasteiger partial charge in [0.15, 0.2) is 0 Å². The molecule has 1 aromatic heterocycles. The van der Waals surface area contributed by atoms with Crippen molar-refractivity contribution in [2.45, 2.75) is 17.7 Å². The van der Waals surface area contributed by atoms with Crippen LogP contribution in [0.3, 0.4) is 0 Å². The molecule has 0 atom stereocenters. The molecule has 0 aliphatic heterocycles. The lowest BCUT2D eigenvalue weighted by atomic mass is 10.3. The average Bonchev–Trinajstić information content (AvgIpc) is 2.38. The summed E-state index contributed by atoms with van der Waals surface area (Å²) >= 11 is 1.76. The second-order valence-electron chi connectivity index (χ2n) is 3.59. The summed E-state index contributed by atoms with van der Waals surface area (Å²) in [5.74, 6) is 1.44.